The Kier molecular flexibility index (Phi) is 6.38. The van der Waals surface area contributed by atoms with Crippen molar-refractivity contribution in [2.24, 2.45) is 7.05 Å². The second-order valence-corrected chi connectivity index (χ2v) is 9.60. The number of rotatable bonds is 6. The molecule has 5 rings (SSSR count). The highest BCUT2D eigenvalue weighted by molar-refractivity contribution is 6.14. The summed E-state index contributed by atoms with van der Waals surface area (Å²) in [5.41, 5.74) is 3.44. The van der Waals surface area contributed by atoms with E-state index in [4.69, 9.17) is 0 Å². The number of hydrogen-bond donors (Lipinski definition) is 1. The molecule has 1 fully saturated rings. The Hall–Kier alpha value is -3.53. The first-order valence-electron chi connectivity index (χ1n) is 12.6. The Labute approximate surface area is 209 Å². The zero-order chi connectivity index (χ0) is 25.6. The normalized spacial score (nSPS) is 14.9. The molecule has 9 nitrogen and oxygen atoms in total. The summed E-state index contributed by atoms with van der Waals surface area (Å²) in [5.74, 6) is -0.814. The molecule has 1 aliphatic rings. The molecule has 0 radical (unpaired) electrons. The molecule has 3 aromatic heterocycles. The van der Waals surface area contributed by atoms with Gasteiger partial charge in [-0.2, -0.15) is 5.10 Å². The third-order valence-electron chi connectivity index (χ3n) is 7.20. The second-order valence-electron chi connectivity index (χ2n) is 9.60. The number of imidazole rings is 1. The summed E-state index contributed by atoms with van der Waals surface area (Å²) in [7, 11) is 3.94. The molecule has 36 heavy (non-hydrogen) atoms. The molecular weight excluding hydrogens is 459 g/mol. The highest BCUT2D eigenvalue weighted by Crippen LogP contribution is 2.33. The summed E-state index contributed by atoms with van der Waals surface area (Å²) >= 11 is 0. The van der Waals surface area contributed by atoms with E-state index in [1.807, 2.05) is 30.6 Å². The summed E-state index contributed by atoms with van der Waals surface area (Å²) in [6.45, 7) is 8.76. The fourth-order valence-corrected chi connectivity index (χ4v) is 5.20. The lowest BCUT2D eigenvalue weighted by atomic mass is 10.0. The number of nitrogens with zero attached hydrogens (tertiary/aromatic N) is 7. The second kappa shape index (κ2) is 9.50. The van der Waals surface area contributed by atoms with Crippen LogP contribution in [-0.2, 0) is 13.5 Å². The molecule has 1 N–H and O–H groups in total. The van der Waals surface area contributed by atoms with Gasteiger partial charge in [0.15, 0.2) is 11.5 Å². The predicted molar refractivity (Wildman–Crippen MR) is 139 cm³/mol. The van der Waals surface area contributed by atoms with E-state index in [9.17, 15) is 4.79 Å². The summed E-state index contributed by atoms with van der Waals surface area (Å²) in [6.07, 6.45) is 8.17. The minimum Gasteiger partial charge on any atom is -0.371 e. The van der Waals surface area contributed by atoms with Crippen LogP contribution in [0.3, 0.4) is 0 Å². The van der Waals surface area contributed by atoms with Crippen LogP contribution in [-0.4, -0.2) is 67.7 Å². The Morgan fingerprint density at radius 2 is 1.94 bits per heavy atom. The maximum absolute atomic E-state index is 15.6. The van der Waals surface area contributed by atoms with Crippen LogP contribution in [0, 0.1) is 12.7 Å². The molecule has 190 valence electrons. The molecule has 1 amide bonds. The van der Waals surface area contributed by atoms with Gasteiger partial charge >= 0.3 is 0 Å². The number of fused-ring (bicyclic) bond motifs is 2. The topological polar surface area (TPSA) is 83.6 Å². The molecule has 4 aromatic rings. The standard InChI is InChI=1S/C26H33FN8O/c1-6-20-25-29-22(15-35(25)13-16(3)28-20)30-26(36)23-19(27)12-21(18-14-33(5)31-24(18)23)34-10-8-17(9-11-34)32(4)7-2/h12-15,17H,6-11H2,1-5H3,(H,30,36). The van der Waals surface area contributed by atoms with E-state index in [1.165, 1.54) is 6.07 Å². The van der Waals surface area contributed by atoms with Gasteiger partial charge in [-0.3, -0.25) is 14.5 Å². The average molecular weight is 493 g/mol. The van der Waals surface area contributed by atoms with Gasteiger partial charge in [0.25, 0.3) is 5.91 Å². The third kappa shape index (κ3) is 4.30. The van der Waals surface area contributed by atoms with Gasteiger partial charge in [0, 0.05) is 44.0 Å². The van der Waals surface area contributed by atoms with Crippen LogP contribution in [0.2, 0.25) is 0 Å². The number of nitrogens with one attached hydrogen (secondary N) is 1. The Bertz CT molecular complexity index is 1430. The van der Waals surface area contributed by atoms with E-state index in [1.54, 1.807) is 17.9 Å². The molecule has 4 heterocycles. The molecule has 0 aliphatic carbocycles. The number of carbonyl (C=O) groups is 1. The van der Waals surface area contributed by atoms with E-state index in [2.05, 4.69) is 44.2 Å². The maximum Gasteiger partial charge on any atom is 0.262 e. The average Bonchev–Trinajstić information content (AvgIpc) is 3.44. The monoisotopic (exact) mass is 492 g/mol. The van der Waals surface area contributed by atoms with Crippen LogP contribution in [0.4, 0.5) is 15.9 Å². The fraction of sp³-hybridized carbons (Fsp3) is 0.462. The largest absolute Gasteiger partial charge is 0.371 e. The van der Waals surface area contributed by atoms with Crippen molar-refractivity contribution in [2.45, 2.75) is 46.1 Å². The number of benzene rings is 1. The van der Waals surface area contributed by atoms with E-state index in [-0.39, 0.29) is 5.56 Å². The van der Waals surface area contributed by atoms with Crippen molar-refractivity contribution in [3.8, 4) is 0 Å². The molecule has 0 bridgehead atoms. The van der Waals surface area contributed by atoms with Gasteiger partial charge in [-0.05, 0) is 45.8 Å². The number of anilines is 2. The van der Waals surface area contributed by atoms with Crippen molar-refractivity contribution < 1.29 is 9.18 Å². The quantitative estimate of drug-likeness (QED) is 0.441. The highest BCUT2D eigenvalue weighted by Gasteiger charge is 2.27. The van der Waals surface area contributed by atoms with Crippen LogP contribution < -0.4 is 10.2 Å². The minimum absolute atomic E-state index is 0.0722. The number of aryl methyl sites for hydroxylation is 3. The Morgan fingerprint density at radius 1 is 1.19 bits per heavy atom. The lowest BCUT2D eigenvalue weighted by molar-refractivity contribution is 0.102. The summed E-state index contributed by atoms with van der Waals surface area (Å²) < 4.78 is 19.0. The first-order valence-corrected chi connectivity index (χ1v) is 12.6. The van der Waals surface area contributed by atoms with Crippen molar-refractivity contribution in [3.63, 3.8) is 0 Å². The summed E-state index contributed by atoms with van der Waals surface area (Å²) in [4.78, 5) is 26.9. The predicted octanol–water partition coefficient (Wildman–Crippen LogP) is 3.80. The maximum atomic E-state index is 15.6. The number of amides is 1. The molecule has 0 atom stereocenters. The number of piperidine rings is 1. The van der Waals surface area contributed by atoms with Crippen molar-refractivity contribution >= 4 is 34.0 Å². The number of aromatic nitrogens is 5. The van der Waals surface area contributed by atoms with Crippen molar-refractivity contribution in [3.05, 3.63) is 47.4 Å². The first-order chi connectivity index (χ1) is 17.3. The zero-order valence-corrected chi connectivity index (χ0v) is 21.5. The molecular formula is C26H33FN8O. The molecule has 1 aliphatic heterocycles. The van der Waals surface area contributed by atoms with Crippen molar-refractivity contribution in [1.29, 1.82) is 0 Å². The van der Waals surface area contributed by atoms with Crippen LogP contribution in [0.1, 0.15) is 48.4 Å². The Morgan fingerprint density at radius 3 is 2.64 bits per heavy atom. The smallest absolute Gasteiger partial charge is 0.262 e. The lowest BCUT2D eigenvalue weighted by Crippen LogP contribution is -2.43. The number of hydrogen-bond acceptors (Lipinski definition) is 6. The fourth-order valence-electron chi connectivity index (χ4n) is 5.20. The van der Waals surface area contributed by atoms with Crippen LogP contribution in [0.15, 0.2) is 24.7 Å². The number of carbonyl (C=O) groups excluding carboxylic acids is 1. The van der Waals surface area contributed by atoms with Crippen molar-refractivity contribution in [1.82, 2.24) is 29.0 Å². The van der Waals surface area contributed by atoms with Gasteiger partial charge < -0.3 is 19.5 Å². The molecule has 0 unspecified atom stereocenters. The Balaban J connectivity index is 1.46. The van der Waals surface area contributed by atoms with Gasteiger partial charge in [-0.1, -0.05) is 13.8 Å². The van der Waals surface area contributed by atoms with Crippen LogP contribution >= 0.6 is 0 Å². The van der Waals surface area contributed by atoms with Gasteiger partial charge in [0.05, 0.1) is 23.3 Å². The van der Waals surface area contributed by atoms with Gasteiger partial charge in [-0.25, -0.2) is 9.37 Å². The van der Waals surface area contributed by atoms with Gasteiger partial charge in [0.2, 0.25) is 0 Å². The van der Waals surface area contributed by atoms with E-state index < -0.39 is 11.7 Å². The highest BCUT2D eigenvalue weighted by atomic mass is 19.1. The van der Waals surface area contributed by atoms with Crippen molar-refractivity contribution in [2.75, 3.05) is 36.9 Å². The first kappa shape index (κ1) is 24.2. The van der Waals surface area contributed by atoms with E-state index in [0.29, 0.717) is 29.4 Å². The lowest BCUT2D eigenvalue weighted by Gasteiger charge is -2.37. The number of halogens is 1. The molecule has 1 aromatic carbocycles. The van der Waals surface area contributed by atoms with Gasteiger partial charge in [-0.15, -0.1) is 0 Å². The molecule has 10 heteroatoms. The SMILES string of the molecule is CCc1nc(C)cn2cc(NC(=O)c3c(F)cc(N4CCC(N(C)CC)CC4)c4cn(C)nc34)nc12. The van der Waals surface area contributed by atoms with Crippen LogP contribution in [0.5, 0.6) is 0 Å². The minimum atomic E-state index is -0.586. The molecule has 0 saturated carbocycles. The van der Waals surface area contributed by atoms with E-state index >= 15 is 4.39 Å². The third-order valence-corrected chi connectivity index (χ3v) is 7.20. The van der Waals surface area contributed by atoms with Crippen LogP contribution in [0.25, 0.3) is 16.6 Å². The molecule has 1 saturated heterocycles. The van der Waals surface area contributed by atoms with E-state index in [0.717, 1.165) is 54.9 Å². The molecule has 0 spiro atoms. The summed E-state index contributed by atoms with van der Waals surface area (Å²) in [5, 5.41) is 8.03. The zero-order valence-electron chi connectivity index (χ0n) is 21.5. The van der Waals surface area contributed by atoms with Gasteiger partial charge in [0.1, 0.15) is 16.9 Å². The summed E-state index contributed by atoms with van der Waals surface area (Å²) in [6, 6.07) is 2.01.